The van der Waals surface area contributed by atoms with Crippen LogP contribution in [0.4, 0.5) is 0 Å². The smallest absolute Gasteiger partial charge is 0.358 e. The number of thiazole rings is 1. The van der Waals surface area contributed by atoms with Crippen LogP contribution < -0.4 is 0 Å². The monoisotopic (exact) mass is 291 g/mol. The number of hydrogen-bond acceptors (Lipinski definition) is 7. The lowest BCUT2D eigenvalue weighted by Gasteiger charge is -1.98. The van der Waals surface area contributed by atoms with E-state index in [1.807, 2.05) is 0 Å². The second kappa shape index (κ2) is 5.57. The first kappa shape index (κ1) is 14.8. The number of aromatic nitrogens is 1. The first-order valence-corrected chi connectivity index (χ1v) is 7.97. The van der Waals surface area contributed by atoms with Crippen molar-refractivity contribution in [2.45, 2.75) is 19.6 Å². The molecule has 8 heteroatoms. The minimum Gasteiger partial charge on any atom is -0.461 e. The van der Waals surface area contributed by atoms with Crippen LogP contribution in [0.15, 0.2) is 0 Å². The van der Waals surface area contributed by atoms with Crippen LogP contribution in [-0.2, 0) is 20.3 Å². The van der Waals surface area contributed by atoms with Gasteiger partial charge in [0, 0.05) is 13.2 Å². The van der Waals surface area contributed by atoms with Crippen LogP contribution >= 0.6 is 11.3 Å². The predicted octanol–water partition coefficient (Wildman–Crippen LogP) is 1.07. The molecule has 0 amide bonds. The maximum absolute atomic E-state index is 11.6. The molecule has 0 bridgehead atoms. The molecule has 0 atom stereocenters. The number of ether oxygens (including phenoxy) is 1. The molecule has 0 spiro atoms. The highest BCUT2D eigenvalue weighted by Crippen LogP contribution is 2.21. The summed E-state index contributed by atoms with van der Waals surface area (Å²) < 4.78 is 27.1. The largest absolute Gasteiger partial charge is 0.461 e. The van der Waals surface area contributed by atoms with E-state index < -0.39 is 15.8 Å². The standard InChI is InChI=1S/C10H13NO5S2/c1-4-16-10(13)8-9(6(2)12)17-7(11-8)5-18(3,14)15/h4-5H2,1-3H3. The lowest BCUT2D eigenvalue weighted by molar-refractivity contribution is 0.0517. The van der Waals surface area contributed by atoms with Crippen LogP contribution in [0.3, 0.4) is 0 Å². The number of Topliss-reactive ketones (excluding diaryl/α,β-unsaturated/α-hetero) is 1. The minimum atomic E-state index is -3.26. The molecule has 0 N–H and O–H groups in total. The second-order valence-electron chi connectivity index (χ2n) is 3.63. The quantitative estimate of drug-likeness (QED) is 0.595. The predicted molar refractivity (Wildman–Crippen MR) is 66.6 cm³/mol. The summed E-state index contributed by atoms with van der Waals surface area (Å²) in [6, 6.07) is 0. The molecule has 6 nitrogen and oxygen atoms in total. The second-order valence-corrected chi connectivity index (χ2v) is 6.86. The van der Waals surface area contributed by atoms with Gasteiger partial charge in [0.1, 0.15) is 15.6 Å². The molecule has 1 aromatic rings. The average molecular weight is 291 g/mol. The first-order valence-electron chi connectivity index (χ1n) is 5.10. The van der Waals surface area contributed by atoms with E-state index in [-0.39, 0.29) is 33.7 Å². The van der Waals surface area contributed by atoms with Crippen molar-refractivity contribution >= 4 is 32.9 Å². The van der Waals surface area contributed by atoms with Crippen molar-refractivity contribution in [1.82, 2.24) is 4.98 Å². The molecule has 18 heavy (non-hydrogen) atoms. The SMILES string of the molecule is CCOC(=O)c1nc(CS(C)(=O)=O)sc1C(C)=O. The third-order valence-electron chi connectivity index (χ3n) is 1.85. The molecular weight excluding hydrogens is 278 g/mol. The molecule has 1 rings (SSSR count). The summed E-state index contributed by atoms with van der Waals surface area (Å²) in [5.74, 6) is -1.34. The van der Waals surface area contributed by atoms with Gasteiger partial charge in [0.15, 0.2) is 21.3 Å². The summed E-state index contributed by atoms with van der Waals surface area (Å²) in [7, 11) is -3.26. The van der Waals surface area contributed by atoms with Crippen molar-refractivity contribution in [2.24, 2.45) is 0 Å². The maximum Gasteiger partial charge on any atom is 0.358 e. The third kappa shape index (κ3) is 3.88. The number of esters is 1. The Morgan fingerprint density at radius 2 is 2.00 bits per heavy atom. The molecule has 100 valence electrons. The Balaban J connectivity index is 3.17. The molecule has 0 unspecified atom stereocenters. The van der Waals surface area contributed by atoms with E-state index >= 15 is 0 Å². The van der Waals surface area contributed by atoms with Gasteiger partial charge in [0.25, 0.3) is 0 Å². The van der Waals surface area contributed by atoms with Gasteiger partial charge in [-0.05, 0) is 6.92 Å². The van der Waals surface area contributed by atoms with Crippen molar-refractivity contribution < 1.29 is 22.7 Å². The fourth-order valence-corrected chi connectivity index (χ4v) is 3.36. The number of ketones is 1. The number of hydrogen-bond donors (Lipinski definition) is 0. The van der Waals surface area contributed by atoms with Crippen LogP contribution in [0.2, 0.25) is 0 Å². The zero-order valence-electron chi connectivity index (χ0n) is 10.2. The van der Waals surface area contributed by atoms with E-state index in [1.54, 1.807) is 6.92 Å². The van der Waals surface area contributed by atoms with Crippen molar-refractivity contribution in [3.8, 4) is 0 Å². The molecule has 0 radical (unpaired) electrons. The summed E-state index contributed by atoms with van der Waals surface area (Å²) in [4.78, 5) is 26.9. The van der Waals surface area contributed by atoms with Gasteiger partial charge in [-0.25, -0.2) is 18.2 Å². The Morgan fingerprint density at radius 3 is 2.44 bits per heavy atom. The number of rotatable bonds is 5. The van der Waals surface area contributed by atoms with E-state index in [9.17, 15) is 18.0 Å². The molecule has 0 aliphatic rings. The van der Waals surface area contributed by atoms with Gasteiger partial charge in [0.05, 0.1) is 6.61 Å². The molecule has 0 saturated carbocycles. The van der Waals surface area contributed by atoms with Gasteiger partial charge in [0.2, 0.25) is 0 Å². The Kier molecular flexibility index (Phi) is 4.58. The normalized spacial score (nSPS) is 11.3. The molecule has 0 aliphatic carbocycles. The Hall–Kier alpha value is -1.28. The maximum atomic E-state index is 11.6. The molecule has 0 aliphatic heterocycles. The van der Waals surface area contributed by atoms with Crippen LogP contribution in [0.1, 0.15) is 39.0 Å². The molecule has 0 saturated heterocycles. The van der Waals surface area contributed by atoms with Gasteiger partial charge in [-0.2, -0.15) is 0 Å². The highest BCUT2D eigenvalue weighted by Gasteiger charge is 2.23. The summed E-state index contributed by atoms with van der Waals surface area (Å²) in [6.07, 6.45) is 1.06. The van der Waals surface area contributed by atoms with Crippen molar-refractivity contribution in [3.05, 3.63) is 15.6 Å². The highest BCUT2D eigenvalue weighted by molar-refractivity contribution is 7.90. The Bertz CT molecular complexity index is 573. The first-order chi connectivity index (χ1) is 8.24. The summed E-state index contributed by atoms with van der Waals surface area (Å²) in [6.45, 7) is 3.09. The van der Waals surface area contributed by atoms with Crippen molar-refractivity contribution in [3.63, 3.8) is 0 Å². The van der Waals surface area contributed by atoms with Crippen molar-refractivity contribution in [1.29, 1.82) is 0 Å². The zero-order valence-corrected chi connectivity index (χ0v) is 11.9. The van der Waals surface area contributed by atoms with Gasteiger partial charge >= 0.3 is 5.97 Å². The van der Waals surface area contributed by atoms with E-state index in [0.29, 0.717) is 0 Å². The van der Waals surface area contributed by atoms with E-state index in [4.69, 9.17) is 4.74 Å². The summed E-state index contributed by atoms with van der Waals surface area (Å²) in [5, 5.41) is 0.214. The van der Waals surface area contributed by atoms with E-state index in [1.165, 1.54) is 6.92 Å². The molecular formula is C10H13NO5S2. The van der Waals surface area contributed by atoms with Crippen molar-refractivity contribution in [2.75, 3.05) is 12.9 Å². The highest BCUT2D eigenvalue weighted by atomic mass is 32.2. The number of sulfone groups is 1. The van der Waals surface area contributed by atoms with E-state index in [0.717, 1.165) is 17.6 Å². The molecule has 0 fully saturated rings. The fraction of sp³-hybridized carbons (Fsp3) is 0.500. The number of carbonyl (C=O) groups excluding carboxylic acids is 2. The summed E-state index contributed by atoms with van der Waals surface area (Å²) in [5.41, 5.74) is -0.104. The number of carbonyl (C=O) groups is 2. The summed E-state index contributed by atoms with van der Waals surface area (Å²) >= 11 is 0.908. The van der Waals surface area contributed by atoms with Crippen LogP contribution in [-0.4, -0.2) is 38.0 Å². The lowest BCUT2D eigenvalue weighted by atomic mass is 10.3. The lowest BCUT2D eigenvalue weighted by Crippen LogP contribution is -2.09. The fourth-order valence-electron chi connectivity index (χ4n) is 1.23. The van der Waals surface area contributed by atoms with Crippen LogP contribution in [0.5, 0.6) is 0 Å². The topological polar surface area (TPSA) is 90.4 Å². The minimum absolute atomic E-state index is 0.104. The zero-order chi connectivity index (χ0) is 13.9. The Labute approximate surface area is 109 Å². The van der Waals surface area contributed by atoms with Crippen LogP contribution in [0.25, 0.3) is 0 Å². The molecule has 0 aromatic carbocycles. The number of nitrogens with zero attached hydrogens (tertiary/aromatic N) is 1. The average Bonchev–Trinajstić information content (AvgIpc) is 2.59. The molecule has 1 aromatic heterocycles. The van der Waals surface area contributed by atoms with Crippen LogP contribution in [0, 0.1) is 0 Å². The van der Waals surface area contributed by atoms with Gasteiger partial charge in [-0.1, -0.05) is 0 Å². The van der Waals surface area contributed by atoms with Gasteiger partial charge in [-0.15, -0.1) is 11.3 Å². The van der Waals surface area contributed by atoms with Gasteiger partial charge < -0.3 is 4.74 Å². The van der Waals surface area contributed by atoms with Gasteiger partial charge in [-0.3, -0.25) is 4.79 Å². The molecule has 1 heterocycles. The Morgan fingerprint density at radius 1 is 1.39 bits per heavy atom. The van der Waals surface area contributed by atoms with E-state index in [2.05, 4.69) is 4.98 Å². The third-order valence-corrected chi connectivity index (χ3v) is 3.98.